The van der Waals surface area contributed by atoms with Gasteiger partial charge in [0.1, 0.15) is 22.8 Å². The predicted molar refractivity (Wildman–Crippen MR) is 127 cm³/mol. The molecule has 0 spiro atoms. The minimum absolute atomic E-state index is 0.0306. The van der Waals surface area contributed by atoms with Crippen LogP contribution in [0.3, 0.4) is 0 Å². The van der Waals surface area contributed by atoms with E-state index in [4.69, 9.17) is 23.5 Å². The third-order valence-electron chi connectivity index (χ3n) is 5.33. The number of nitrogens with one attached hydrogen (secondary N) is 2. The first-order valence-corrected chi connectivity index (χ1v) is 11.1. The summed E-state index contributed by atoms with van der Waals surface area (Å²) in [5.41, 5.74) is -1.95. The molecule has 2 amide bonds. The van der Waals surface area contributed by atoms with E-state index in [1.807, 2.05) is 0 Å². The zero-order chi connectivity index (χ0) is 27.8. The lowest BCUT2D eigenvalue weighted by molar-refractivity contribution is -0.138. The largest absolute Gasteiger partial charge is 0.497 e. The molecule has 10 nitrogen and oxygen atoms in total. The molecule has 0 atom stereocenters. The van der Waals surface area contributed by atoms with E-state index in [9.17, 15) is 22.8 Å². The molecule has 0 fully saturated rings. The Labute approximate surface area is 216 Å². The lowest BCUT2D eigenvalue weighted by Gasteiger charge is -2.31. The lowest BCUT2D eigenvalue weighted by Crippen LogP contribution is -2.64. The highest BCUT2D eigenvalue weighted by Crippen LogP contribution is 2.40. The van der Waals surface area contributed by atoms with Crippen molar-refractivity contribution in [1.29, 1.82) is 0 Å². The van der Waals surface area contributed by atoms with Crippen molar-refractivity contribution < 1.29 is 46.2 Å². The summed E-state index contributed by atoms with van der Waals surface area (Å²) < 4.78 is 65.8. The maximum Gasteiger partial charge on any atom is 0.420 e. The number of benzene rings is 2. The molecule has 0 saturated carbocycles. The van der Waals surface area contributed by atoms with E-state index in [1.165, 1.54) is 57.9 Å². The molecule has 1 heterocycles. The maximum absolute atomic E-state index is 13.4. The molecule has 1 aromatic heterocycles. The van der Waals surface area contributed by atoms with Crippen molar-refractivity contribution in [3.8, 4) is 17.2 Å². The molecule has 0 bridgehead atoms. The first kappa shape index (κ1) is 28.5. The molecule has 0 aliphatic heterocycles. The number of methoxy groups -OCH3 is 3. The Kier molecular flexibility index (Phi) is 9.31. The molecule has 204 valence electrons. The lowest BCUT2D eigenvalue weighted by atomic mass is 9.99. The molecule has 3 rings (SSSR count). The van der Waals surface area contributed by atoms with Crippen molar-refractivity contribution in [3.63, 3.8) is 0 Å². The Morgan fingerprint density at radius 2 is 1.61 bits per heavy atom. The van der Waals surface area contributed by atoms with Gasteiger partial charge in [-0.25, -0.2) is 0 Å². The van der Waals surface area contributed by atoms with Crippen LogP contribution in [-0.4, -0.2) is 57.1 Å². The second-order valence-electron chi connectivity index (χ2n) is 8.07. The molecule has 3 aromatic rings. The van der Waals surface area contributed by atoms with Crippen molar-refractivity contribution in [2.24, 2.45) is 0 Å². The molecular formula is C25H26F3N3O7. The molecule has 13 heteroatoms. The van der Waals surface area contributed by atoms with Gasteiger partial charge in [-0.15, -0.1) is 0 Å². The minimum Gasteiger partial charge on any atom is -0.497 e. The number of hydrogen-bond acceptors (Lipinski definition) is 8. The smallest absolute Gasteiger partial charge is 0.420 e. The summed E-state index contributed by atoms with van der Waals surface area (Å²) in [6, 6.07) is 10.8. The van der Waals surface area contributed by atoms with Crippen LogP contribution in [0.4, 0.5) is 13.2 Å². The van der Waals surface area contributed by atoms with Crippen LogP contribution in [0.15, 0.2) is 59.3 Å². The van der Waals surface area contributed by atoms with Gasteiger partial charge in [0.2, 0.25) is 5.76 Å². The number of carbonyl (C=O) groups is 2. The first-order valence-electron chi connectivity index (χ1n) is 11.1. The molecular weight excluding hydrogens is 511 g/mol. The molecule has 0 saturated heterocycles. The molecule has 0 radical (unpaired) electrons. The van der Waals surface area contributed by atoms with Gasteiger partial charge in [0.25, 0.3) is 11.8 Å². The van der Waals surface area contributed by atoms with Crippen molar-refractivity contribution in [2.45, 2.75) is 18.3 Å². The van der Waals surface area contributed by atoms with Gasteiger partial charge in [0, 0.05) is 26.8 Å². The second-order valence-corrected chi connectivity index (χ2v) is 8.07. The van der Waals surface area contributed by atoms with E-state index in [0.717, 1.165) is 6.07 Å². The van der Waals surface area contributed by atoms with Gasteiger partial charge in [-0.1, -0.05) is 17.3 Å². The van der Waals surface area contributed by atoms with E-state index in [1.54, 1.807) is 12.1 Å². The topological polar surface area (TPSA) is 121 Å². The van der Waals surface area contributed by atoms with Crippen molar-refractivity contribution in [2.75, 3.05) is 34.5 Å². The van der Waals surface area contributed by atoms with Crippen LogP contribution in [0.25, 0.3) is 0 Å². The molecule has 0 unspecified atom stereocenters. The van der Waals surface area contributed by atoms with Crippen LogP contribution in [0, 0.1) is 0 Å². The molecule has 2 aromatic carbocycles. The minimum atomic E-state index is -4.64. The molecule has 0 aliphatic carbocycles. The van der Waals surface area contributed by atoms with Crippen molar-refractivity contribution in [3.05, 3.63) is 71.6 Å². The van der Waals surface area contributed by atoms with E-state index >= 15 is 0 Å². The van der Waals surface area contributed by atoms with Crippen molar-refractivity contribution >= 4 is 11.8 Å². The maximum atomic E-state index is 13.4. The second kappa shape index (κ2) is 12.4. The fraction of sp³-hybridized carbons (Fsp3) is 0.320. The number of alkyl halides is 3. The number of rotatable bonds is 12. The molecule has 0 aliphatic rings. The fourth-order valence-corrected chi connectivity index (χ4v) is 3.51. The van der Waals surface area contributed by atoms with Crippen LogP contribution in [0.1, 0.15) is 21.7 Å². The van der Waals surface area contributed by atoms with E-state index in [0.29, 0.717) is 5.56 Å². The highest BCUT2D eigenvalue weighted by atomic mass is 19.4. The van der Waals surface area contributed by atoms with Crippen LogP contribution >= 0.6 is 0 Å². The Hall–Kier alpha value is -4.10. The first-order chi connectivity index (χ1) is 18.1. The summed E-state index contributed by atoms with van der Waals surface area (Å²) in [5.74, 6) is -1.57. The Balaban J connectivity index is 1.70. The third kappa shape index (κ3) is 7.01. The highest BCUT2D eigenvalue weighted by molar-refractivity contribution is 5.97. The van der Waals surface area contributed by atoms with Crippen molar-refractivity contribution in [1.82, 2.24) is 15.8 Å². The number of aromatic nitrogens is 1. The number of carbonyl (C=O) groups excluding carboxylic acids is 2. The zero-order valence-electron chi connectivity index (χ0n) is 20.8. The van der Waals surface area contributed by atoms with Gasteiger partial charge >= 0.3 is 6.18 Å². The molecule has 2 N–H and O–H groups in total. The number of ether oxygens (including phenoxy) is 4. The number of amides is 2. The quantitative estimate of drug-likeness (QED) is 0.360. The Morgan fingerprint density at radius 3 is 2.16 bits per heavy atom. The molecule has 38 heavy (non-hydrogen) atoms. The highest BCUT2D eigenvalue weighted by Gasteiger charge is 2.41. The average molecular weight is 537 g/mol. The third-order valence-corrected chi connectivity index (χ3v) is 5.33. The van der Waals surface area contributed by atoms with Gasteiger partial charge in [0.15, 0.2) is 5.54 Å². The predicted octanol–water partition coefficient (Wildman–Crippen LogP) is 3.57. The van der Waals surface area contributed by atoms with Crippen LogP contribution in [0.2, 0.25) is 0 Å². The monoisotopic (exact) mass is 537 g/mol. The number of hydrogen-bond donors (Lipinski definition) is 2. The summed E-state index contributed by atoms with van der Waals surface area (Å²) in [6.07, 6.45) is -3.36. The van der Waals surface area contributed by atoms with Gasteiger partial charge in [-0.3, -0.25) is 9.59 Å². The van der Waals surface area contributed by atoms with Crippen LogP contribution < -0.4 is 20.1 Å². The standard InChI is InChI=1S/C25H26F3N3O7/c1-34-14-24(15-35-2,31-22(32)21-10-11-30-38-21)23(33)29-13-16-4-6-17(7-5-16)37-20-9-8-18(36-3)12-19(20)25(26,27)28/h4-12H,13-15H2,1-3H3,(H,29,33)(H,31,32). The van der Waals surface area contributed by atoms with Gasteiger partial charge in [0.05, 0.1) is 26.5 Å². The zero-order valence-corrected chi connectivity index (χ0v) is 20.8. The van der Waals surface area contributed by atoms with Crippen LogP contribution in [0.5, 0.6) is 17.2 Å². The number of nitrogens with zero attached hydrogens (tertiary/aromatic N) is 1. The van der Waals surface area contributed by atoms with E-state index in [-0.39, 0.29) is 42.8 Å². The van der Waals surface area contributed by atoms with E-state index in [2.05, 4.69) is 15.8 Å². The van der Waals surface area contributed by atoms with Gasteiger partial charge in [-0.2, -0.15) is 13.2 Å². The van der Waals surface area contributed by atoms with E-state index < -0.39 is 29.1 Å². The van der Waals surface area contributed by atoms with Gasteiger partial charge < -0.3 is 34.1 Å². The van der Waals surface area contributed by atoms with Gasteiger partial charge in [-0.05, 0) is 35.9 Å². The Morgan fingerprint density at radius 1 is 0.947 bits per heavy atom. The average Bonchev–Trinajstić information content (AvgIpc) is 3.43. The summed E-state index contributed by atoms with van der Waals surface area (Å²) >= 11 is 0. The summed E-state index contributed by atoms with van der Waals surface area (Å²) in [4.78, 5) is 25.7. The number of halogens is 3. The SMILES string of the molecule is COCC(COC)(NC(=O)c1ccno1)C(=O)NCc1ccc(Oc2ccc(OC)cc2C(F)(F)F)cc1. The van der Waals surface area contributed by atoms with Crippen LogP contribution in [-0.2, 0) is 27.0 Å². The fourth-order valence-electron chi connectivity index (χ4n) is 3.51. The normalized spacial score (nSPS) is 11.6. The summed E-state index contributed by atoms with van der Waals surface area (Å²) in [6.45, 7) is -0.381. The summed E-state index contributed by atoms with van der Waals surface area (Å²) in [5, 5.41) is 8.76. The summed E-state index contributed by atoms with van der Waals surface area (Å²) in [7, 11) is 4.00. The Bertz CT molecular complexity index is 1210.